The van der Waals surface area contributed by atoms with E-state index in [0.29, 0.717) is 0 Å². The Bertz CT molecular complexity index is 503. The van der Waals surface area contributed by atoms with Gasteiger partial charge in [0.1, 0.15) is 0 Å². The molecule has 1 nitrogen and oxygen atoms in total. The number of fused-ring (bicyclic) bond motifs is 1. The van der Waals surface area contributed by atoms with Gasteiger partial charge in [-0.3, -0.25) is 0 Å². The zero-order valence-electron chi connectivity index (χ0n) is 9.63. The van der Waals surface area contributed by atoms with Crippen molar-refractivity contribution in [3.8, 4) is 0 Å². The zero-order chi connectivity index (χ0) is 11.2. The lowest BCUT2D eigenvalue weighted by Crippen LogP contribution is -2.20. The van der Waals surface area contributed by atoms with E-state index in [4.69, 9.17) is 0 Å². The number of hydrogen-bond donors (Lipinski definition) is 0. The first kappa shape index (κ1) is 10.7. The van der Waals surface area contributed by atoms with Crippen molar-refractivity contribution in [2.75, 3.05) is 0 Å². The molecule has 0 saturated carbocycles. The average Bonchev–Trinajstić information content (AvgIpc) is 2.42. The number of aromatic nitrogens is 1. The van der Waals surface area contributed by atoms with Crippen LogP contribution in [0.1, 0.15) is 26.3 Å². The fourth-order valence-corrected chi connectivity index (χ4v) is 2.27. The third-order valence-electron chi connectivity index (χ3n) is 2.69. The Kier molecular flexibility index (Phi) is 2.42. The highest BCUT2D eigenvalue weighted by Gasteiger charge is 2.16. The molecule has 0 N–H and O–H groups in total. The van der Waals surface area contributed by atoms with Crippen molar-refractivity contribution >= 4 is 26.8 Å². The van der Waals surface area contributed by atoms with E-state index in [0.717, 1.165) is 4.47 Å². The molecular weight excluding hydrogens is 250 g/mol. The van der Waals surface area contributed by atoms with Crippen LogP contribution in [-0.2, 0) is 5.54 Å². The van der Waals surface area contributed by atoms with Crippen molar-refractivity contribution in [3.05, 3.63) is 34.4 Å². The quantitative estimate of drug-likeness (QED) is 0.663. The lowest BCUT2D eigenvalue weighted by Gasteiger charge is -2.22. The van der Waals surface area contributed by atoms with E-state index in [9.17, 15) is 0 Å². The number of hydrogen-bond acceptors (Lipinski definition) is 0. The number of halogens is 1. The van der Waals surface area contributed by atoms with Gasteiger partial charge < -0.3 is 4.57 Å². The topological polar surface area (TPSA) is 4.93 Å². The molecule has 0 radical (unpaired) electrons. The summed E-state index contributed by atoms with van der Waals surface area (Å²) in [6.07, 6.45) is 2.23. The molecule has 0 aliphatic rings. The monoisotopic (exact) mass is 265 g/mol. The number of aryl methyl sites for hydroxylation is 1. The second kappa shape index (κ2) is 3.38. The van der Waals surface area contributed by atoms with Crippen molar-refractivity contribution in [3.63, 3.8) is 0 Å². The molecule has 1 aromatic carbocycles. The van der Waals surface area contributed by atoms with Gasteiger partial charge in [0.15, 0.2) is 0 Å². The highest BCUT2D eigenvalue weighted by molar-refractivity contribution is 9.10. The van der Waals surface area contributed by atoms with Crippen LogP contribution in [0.5, 0.6) is 0 Å². The van der Waals surface area contributed by atoms with Crippen LogP contribution in [0.4, 0.5) is 0 Å². The summed E-state index contributed by atoms with van der Waals surface area (Å²) in [4.78, 5) is 0. The van der Waals surface area contributed by atoms with Crippen molar-refractivity contribution in [2.24, 2.45) is 0 Å². The molecule has 1 heterocycles. The van der Waals surface area contributed by atoms with Crippen LogP contribution in [0.3, 0.4) is 0 Å². The highest BCUT2D eigenvalue weighted by Crippen LogP contribution is 2.29. The third-order valence-corrected chi connectivity index (χ3v) is 3.18. The molecule has 2 rings (SSSR count). The maximum absolute atomic E-state index is 3.53. The van der Waals surface area contributed by atoms with E-state index in [2.05, 4.69) is 72.6 Å². The van der Waals surface area contributed by atoms with Gasteiger partial charge in [-0.2, -0.15) is 0 Å². The van der Waals surface area contributed by atoms with Gasteiger partial charge in [-0.25, -0.2) is 0 Å². The van der Waals surface area contributed by atoms with Gasteiger partial charge in [0, 0.05) is 27.1 Å². The summed E-state index contributed by atoms with van der Waals surface area (Å²) in [7, 11) is 0. The molecule has 0 aliphatic heterocycles. The fraction of sp³-hybridized carbons (Fsp3) is 0.385. The van der Waals surface area contributed by atoms with Crippen LogP contribution < -0.4 is 0 Å². The van der Waals surface area contributed by atoms with Gasteiger partial charge in [0.05, 0.1) is 0 Å². The van der Waals surface area contributed by atoms with Crippen LogP contribution in [-0.4, -0.2) is 4.57 Å². The zero-order valence-corrected chi connectivity index (χ0v) is 11.2. The molecule has 0 unspecified atom stereocenters. The Morgan fingerprint density at radius 2 is 1.87 bits per heavy atom. The number of benzene rings is 1. The van der Waals surface area contributed by atoms with E-state index in [-0.39, 0.29) is 5.54 Å². The maximum atomic E-state index is 3.53. The molecule has 80 valence electrons. The molecule has 2 aromatic rings. The Morgan fingerprint density at radius 3 is 2.47 bits per heavy atom. The average molecular weight is 266 g/mol. The summed E-state index contributed by atoms with van der Waals surface area (Å²) in [5.41, 5.74) is 2.77. The van der Waals surface area contributed by atoms with Gasteiger partial charge in [-0.05, 0) is 45.4 Å². The minimum atomic E-state index is 0.132. The third kappa shape index (κ3) is 1.83. The van der Waals surface area contributed by atoms with E-state index in [1.165, 1.54) is 16.5 Å². The van der Waals surface area contributed by atoms with E-state index < -0.39 is 0 Å². The fourth-order valence-electron chi connectivity index (χ4n) is 1.93. The number of nitrogens with zero attached hydrogens (tertiary/aromatic N) is 1. The summed E-state index contributed by atoms with van der Waals surface area (Å²) < 4.78 is 3.47. The standard InChI is InChI=1S/C13H16BrN/c1-9-8-15(13(2,3)4)12-7-10(14)5-6-11(9)12/h5-8H,1-4H3. The molecule has 1 aromatic heterocycles. The van der Waals surface area contributed by atoms with Crippen LogP contribution >= 0.6 is 15.9 Å². The molecule has 0 spiro atoms. The SMILES string of the molecule is Cc1cn(C(C)(C)C)c2cc(Br)ccc12. The Hall–Kier alpha value is -0.760. The Labute approximate surface area is 99.2 Å². The van der Waals surface area contributed by atoms with Crippen LogP contribution in [0, 0.1) is 6.92 Å². The highest BCUT2D eigenvalue weighted by atomic mass is 79.9. The number of rotatable bonds is 0. The van der Waals surface area contributed by atoms with Gasteiger partial charge in [0.2, 0.25) is 0 Å². The predicted molar refractivity (Wildman–Crippen MR) is 69.4 cm³/mol. The van der Waals surface area contributed by atoms with Crippen molar-refractivity contribution in [1.82, 2.24) is 4.57 Å². The van der Waals surface area contributed by atoms with E-state index in [1.54, 1.807) is 0 Å². The first-order chi connectivity index (χ1) is 6.89. The van der Waals surface area contributed by atoms with Crippen molar-refractivity contribution in [2.45, 2.75) is 33.2 Å². The van der Waals surface area contributed by atoms with E-state index >= 15 is 0 Å². The molecule has 0 fully saturated rings. The molecule has 0 bridgehead atoms. The summed E-state index contributed by atoms with van der Waals surface area (Å²) in [5.74, 6) is 0. The molecule has 0 saturated heterocycles. The molecule has 0 aliphatic carbocycles. The van der Waals surface area contributed by atoms with E-state index in [1.807, 2.05) is 0 Å². The summed E-state index contributed by atoms with van der Waals surface area (Å²) in [5, 5.41) is 1.34. The molecule has 2 heteroatoms. The Balaban J connectivity index is 2.81. The lowest BCUT2D eigenvalue weighted by molar-refractivity contribution is 0.410. The second-order valence-electron chi connectivity index (χ2n) is 5.01. The molecule has 0 amide bonds. The predicted octanol–water partition coefficient (Wildman–Crippen LogP) is 4.47. The Morgan fingerprint density at radius 1 is 1.20 bits per heavy atom. The van der Waals surface area contributed by atoms with Gasteiger partial charge in [-0.1, -0.05) is 22.0 Å². The lowest BCUT2D eigenvalue weighted by atomic mass is 10.1. The van der Waals surface area contributed by atoms with Crippen LogP contribution in [0.2, 0.25) is 0 Å². The maximum Gasteiger partial charge on any atom is 0.0499 e. The smallest absolute Gasteiger partial charge is 0.0499 e. The minimum Gasteiger partial charge on any atom is -0.342 e. The summed E-state index contributed by atoms with van der Waals surface area (Å²) >= 11 is 3.53. The molecular formula is C13H16BrN. The largest absolute Gasteiger partial charge is 0.342 e. The van der Waals surface area contributed by atoms with Gasteiger partial charge in [-0.15, -0.1) is 0 Å². The second-order valence-corrected chi connectivity index (χ2v) is 5.93. The van der Waals surface area contributed by atoms with Crippen molar-refractivity contribution in [1.29, 1.82) is 0 Å². The summed E-state index contributed by atoms with van der Waals surface area (Å²) in [6, 6.07) is 6.47. The summed E-state index contributed by atoms with van der Waals surface area (Å²) in [6.45, 7) is 8.85. The van der Waals surface area contributed by atoms with Crippen LogP contribution in [0.15, 0.2) is 28.9 Å². The first-order valence-electron chi connectivity index (χ1n) is 5.17. The minimum absolute atomic E-state index is 0.132. The normalized spacial score (nSPS) is 12.3. The molecule has 0 atom stereocenters. The first-order valence-corrected chi connectivity index (χ1v) is 5.96. The van der Waals surface area contributed by atoms with Gasteiger partial charge in [0.25, 0.3) is 0 Å². The van der Waals surface area contributed by atoms with Crippen LogP contribution in [0.25, 0.3) is 10.9 Å². The van der Waals surface area contributed by atoms with Crippen molar-refractivity contribution < 1.29 is 0 Å². The molecule has 15 heavy (non-hydrogen) atoms. The van der Waals surface area contributed by atoms with Gasteiger partial charge >= 0.3 is 0 Å².